The Morgan fingerprint density at radius 1 is 1.38 bits per heavy atom. The highest BCUT2D eigenvalue weighted by atomic mass is 32.2. The normalized spacial score (nSPS) is 19.0. The molecular weight excluding hydrogens is 300 g/mol. The molecule has 1 unspecified atom stereocenters. The Bertz CT molecular complexity index is 700. The summed E-state index contributed by atoms with van der Waals surface area (Å²) in [6.45, 7) is 0.109. The predicted octanol–water partition coefficient (Wildman–Crippen LogP) is -0.268. The summed E-state index contributed by atoms with van der Waals surface area (Å²) in [6, 6.07) is 3.57. The highest BCUT2D eigenvalue weighted by Gasteiger charge is 2.33. The largest absolute Gasteiger partial charge is 0.508 e. The molecule has 0 radical (unpaired) electrons. The molecule has 114 valence electrons. The molecule has 1 aliphatic heterocycles. The number of carboxylic acids is 1. The van der Waals surface area contributed by atoms with Crippen molar-refractivity contribution in [1.29, 1.82) is 0 Å². The standard InChI is InChI=1S/C12H14N2O6S/c13-21(19,20)6-7-1-11(16)14(5-7)9-2-8(12(17)18)3-10(15)4-9/h2-4,7,15H,1,5-6H2,(H,17,18)(H2,13,19,20). The number of hydrogen-bond acceptors (Lipinski definition) is 5. The molecule has 1 amide bonds. The van der Waals surface area contributed by atoms with Gasteiger partial charge in [0, 0.05) is 30.6 Å². The lowest BCUT2D eigenvalue weighted by Crippen LogP contribution is -2.27. The quantitative estimate of drug-likeness (QED) is 0.699. The Labute approximate surface area is 120 Å². The van der Waals surface area contributed by atoms with Crippen molar-refractivity contribution >= 4 is 27.6 Å². The lowest BCUT2D eigenvalue weighted by molar-refractivity contribution is -0.117. The number of carbonyl (C=O) groups is 2. The van der Waals surface area contributed by atoms with Gasteiger partial charge in [0.25, 0.3) is 0 Å². The van der Waals surface area contributed by atoms with Gasteiger partial charge in [-0.3, -0.25) is 4.79 Å². The van der Waals surface area contributed by atoms with Crippen molar-refractivity contribution in [3.63, 3.8) is 0 Å². The second kappa shape index (κ2) is 5.34. The fourth-order valence-electron chi connectivity index (χ4n) is 2.35. The minimum atomic E-state index is -3.69. The van der Waals surface area contributed by atoms with Crippen LogP contribution in [0.2, 0.25) is 0 Å². The lowest BCUT2D eigenvalue weighted by atomic mass is 10.1. The molecule has 1 aliphatic rings. The molecule has 1 atom stereocenters. The number of phenols is 1. The number of anilines is 1. The van der Waals surface area contributed by atoms with Gasteiger partial charge in [-0.1, -0.05) is 0 Å². The summed E-state index contributed by atoms with van der Waals surface area (Å²) >= 11 is 0. The first-order valence-electron chi connectivity index (χ1n) is 6.04. The number of carboxylic acid groups (broad SMARTS) is 1. The van der Waals surface area contributed by atoms with E-state index in [0.717, 1.165) is 6.07 Å². The van der Waals surface area contributed by atoms with Crippen molar-refractivity contribution in [2.75, 3.05) is 17.2 Å². The number of sulfonamides is 1. The summed E-state index contributed by atoms with van der Waals surface area (Å²) in [5, 5.41) is 23.4. The van der Waals surface area contributed by atoms with Gasteiger partial charge in [-0.2, -0.15) is 0 Å². The third-order valence-electron chi connectivity index (χ3n) is 3.13. The minimum absolute atomic E-state index is 0.00842. The summed E-state index contributed by atoms with van der Waals surface area (Å²) in [5.74, 6) is -2.64. The molecular formula is C12H14N2O6S. The first kappa shape index (κ1) is 15.3. The summed E-state index contributed by atoms with van der Waals surface area (Å²) < 4.78 is 22.1. The summed E-state index contributed by atoms with van der Waals surface area (Å²) in [7, 11) is -3.69. The highest BCUT2D eigenvalue weighted by Crippen LogP contribution is 2.29. The molecule has 2 rings (SSSR count). The second-order valence-corrected chi connectivity index (χ2v) is 6.61. The Morgan fingerprint density at radius 2 is 2.05 bits per heavy atom. The zero-order valence-corrected chi connectivity index (χ0v) is 11.7. The summed E-state index contributed by atoms with van der Waals surface area (Å²) in [6.07, 6.45) is 0.00842. The number of aromatic hydroxyl groups is 1. The van der Waals surface area contributed by atoms with Gasteiger partial charge in [-0.25, -0.2) is 18.4 Å². The smallest absolute Gasteiger partial charge is 0.335 e. The maximum atomic E-state index is 11.9. The van der Waals surface area contributed by atoms with E-state index in [0.29, 0.717) is 0 Å². The summed E-state index contributed by atoms with van der Waals surface area (Å²) in [5.41, 5.74) is 0.0574. The number of nitrogens with two attached hydrogens (primary N) is 1. The molecule has 21 heavy (non-hydrogen) atoms. The SMILES string of the molecule is NS(=O)(=O)CC1CC(=O)N(c2cc(O)cc(C(=O)O)c2)C1. The number of rotatable bonds is 4. The maximum absolute atomic E-state index is 11.9. The van der Waals surface area contributed by atoms with Gasteiger partial charge < -0.3 is 15.1 Å². The molecule has 1 aromatic carbocycles. The molecule has 1 saturated heterocycles. The molecule has 0 aliphatic carbocycles. The fourth-order valence-corrected chi connectivity index (χ4v) is 3.23. The second-order valence-electron chi connectivity index (χ2n) is 4.95. The van der Waals surface area contributed by atoms with E-state index in [1.165, 1.54) is 17.0 Å². The van der Waals surface area contributed by atoms with Crippen molar-refractivity contribution in [1.82, 2.24) is 0 Å². The molecule has 0 spiro atoms. The molecule has 0 bridgehead atoms. The van der Waals surface area contributed by atoms with Crippen LogP contribution in [0, 0.1) is 5.92 Å². The van der Waals surface area contributed by atoms with Crippen LogP contribution in [0.3, 0.4) is 0 Å². The van der Waals surface area contributed by atoms with E-state index in [-0.39, 0.29) is 41.6 Å². The van der Waals surface area contributed by atoms with Gasteiger partial charge in [0.2, 0.25) is 15.9 Å². The number of carbonyl (C=O) groups excluding carboxylic acids is 1. The molecule has 1 aromatic rings. The van der Waals surface area contributed by atoms with Gasteiger partial charge >= 0.3 is 5.97 Å². The van der Waals surface area contributed by atoms with E-state index < -0.39 is 21.9 Å². The number of phenolic OH excluding ortho intramolecular Hbond substituents is 1. The van der Waals surface area contributed by atoms with Crippen molar-refractivity contribution in [2.45, 2.75) is 6.42 Å². The van der Waals surface area contributed by atoms with Crippen LogP contribution >= 0.6 is 0 Å². The lowest BCUT2D eigenvalue weighted by Gasteiger charge is -2.17. The molecule has 1 fully saturated rings. The Morgan fingerprint density at radius 3 is 2.62 bits per heavy atom. The van der Waals surface area contributed by atoms with Crippen molar-refractivity contribution < 1.29 is 28.2 Å². The molecule has 4 N–H and O–H groups in total. The van der Waals surface area contributed by atoms with E-state index in [4.69, 9.17) is 10.2 Å². The van der Waals surface area contributed by atoms with Crippen molar-refractivity contribution in [3.8, 4) is 5.75 Å². The van der Waals surface area contributed by atoms with Crippen LogP contribution in [0.1, 0.15) is 16.8 Å². The van der Waals surface area contributed by atoms with Gasteiger partial charge in [-0.05, 0) is 12.1 Å². The zero-order valence-electron chi connectivity index (χ0n) is 10.9. The predicted molar refractivity (Wildman–Crippen MR) is 73.5 cm³/mol. The number of benzene rings is 1. The van der Waals surface area contributed by atoms with Crippen LogP contribution in [0.5, 0.6) is 5.75 Å². The van der Waals surface area contributed by atoms with E-state index in [9.17, 15) is 23.1 Å². The van der Waals surface area contributed by atoms with Gasteiger partial charge in [0.1, 0.15) is 5.75 Å². The first-order valence-corrected chi connectivity index (χ1v) is 7.75. The minimum Gasteiger partial charge on any atom is -0.508 e. The maximum Gasteiger partial charge on any atom is 0.335 e. The molecule has 1 heterocycles. The van der Waals surface area contributed by atoms with E-state index >= 15 is 0 Å². The Balaban J connectivity index is 2.27. The zero-order chi connectivity index (χ0) is 15.8. The number of aromatic carboxylic acids is 1. The fraction of sp³-hybridized carbons (Fsp3) is 0.333. The van der Waals surface area contributed by atoms with Crippen LogP contribution in [0.25, 0.3) is 0 Å². The van der Waals surface area contributed by atoms with Crippen LogP contribution < -0.4 is 10.0 Å². The van der Waals surface area contributed by atoms with Crippen LogP contribution in [-0.4, -0.2) is 42.8 Å². The van der Waals surface area contributed by atoms with Gasteiger partial charge in [0.05, 0.1) is 11.3 Å². The number of amides is 1. The monoisotopic (exact) mass is 314 g/mol. The highest BCUT2D eigenvalue weighted by molar-refractivity contribution is 7.89. The number of nitrogens with zero attached hydrogens (tertiary/aromatic N) is 1. The van der Waals surface area contributed by atoms with Crippen molar-refractivity contribution in [3.05, 3.63) is 23.8 Å². The van der Waals surface area contributed by atoms with Gasteiger partial charge in [-0.15, -0.1) is 0 Å². The summed E-state index contributed by atoms with van der Waals surface area (Å²) in [4.78, 5) is 24.1. The molecule has 0 aromatic heterocycles. The molecule has 0 saturated carbocycles. The topological polar surface area (TPSA) is 138 Å². The number of primary sulfonamides is 1. The van der Waals surface area contributed by atoms with Crippen LogP contribution in [-0.2, 0) is 14.8 Å². The molecule has 9 heteroatoms. The van der Waals surface area contributed by atoms with E-state index in [1.54, 1.807) is 0 Å². The third kappa shape index (κ3) is 3.70. The molecule has 8 nitrogen and oxygen atoms in total. The Hall–Kier alpha value is -2.13. The van der Waals surface area contributed by atoms with Crippen LogP contribution in [0.4, 0.5) is 5.69 Å². The van der Waals surface area contributed by atoms with Crippen molar-refractivity contribution in [2.24, 2.45) is 11.1 Å². The Kier molecular flexibility index (Phi) is 3.88. The average Bonchev–Trinajstić information content (AvgIpc) is 2.66. The van der Waals surface area contributed by atoms with Gasteiger partial charge in [0.15, 0.2) is 0 Å². The third-order valence-corrected chi connectivity index (χ3v) is 4.07. The van der Waals surface area contributed by atoms with Crippen LogP contribution in [0.15, 0.2) is 18.2 Å². The van der Waals surface area contributed by atoms with E-state index in [2.05, 4.69) is 0 Å². The average molecular weight is 314 g/mol. The number of hydrogen-bond donors (Lipinski definition) is 3. The first-order chi connectivity index (χ1) is 9.65. The van der Waals surface area contributed by atoms with E-state index in [1.807, 2.05) is 0 Å².